The SMILES string of the molecule is CC.Cc1cc(C2CCCN2C(=N)N)on1. The van der Waals surface area contributed by atoms with E-state index in [0.29, 0.717) is 0 Å². The van der Waals surface area contributed by atoms with Gasteiger partial charge in [0.25, 0.3) is 0 Å². The number of guanidine groups is 1. The second-order valence-electron chi connectivity index (χ2n) is 3.61. The molecule has 16 heavy (non-hydrogen) atoms. The number of nitrogens with zero attached hydrogens (tertiary/aromatic N) is 2. The van der Waals surface area contributed by atoms with Crippen molar-refractivity contribution in [2.45, 2.75) is 39.7 Å². The molecule has 2 rings (SSSR count). The molecule has 0 aliphatic carbocycles. The first-order chi connectivity index (χ1) is 7.68. The molecule has 1 unspecified atom stereocenters. The molecule has 1 aliphatic rings. The van der Waals surface area contributed by atoms with E-state index in [9.17, 15) is 0 Å². The number of likely N-dealkylation sites (tertiary alicyclic amines) is 1. The third kappa shape index (κ3) is 2.53. The van der Waals surface area contributed by atoms with Crippen molar-refractivity contribution in [1.82, 2.24) is 10.1 Å². The minimum atomic E-state index is 0.105. The summed E-state index contributed by atoms with van der Waals surface area (Å²) in [6.45, 7) is 6.72. The van der Waals surface area contributed by atoms with E-state index in [-0.39, 0.29) is 12.0 Å². The smallest absolute Gasteiger partial charge is 0.189 e. The predicted octanol–water partition coefficient (Wildman–Crippen LogP) is 2.04. The monoisotopic (exact) mass is 224 g/mol. The average Bonchev–Trinajstić information content (AvgIpc) is 2.88. The standard InChI is InChI=1S/C9H14N4O.C2H6/c1-6-5-8(14-12-6)7-3-2-4-13(7)9(10)11;1-2/h5,7H,2-4H2,1H3,(H3,10,11);1-2H3. The Morgan fingerprint density at radius 3 is 2.81 bits per heavy atom. The van der Waals surface area contributed by atoms with Crippen molar-refractivity contribution in [1.29, 1.82) is 5.41 Å². The van der Waals surface area contributed by atoms with Gasteiger partial charge in [-0.25, -0.2) is 0 Å². The molecule has 5 nitrogen and oxygen atoms in total. The summed E-state index contributed by atoms with van der Waals surface area (Å²) >= 11 is 0. The van der Waals surface area contributed by atoms with E-state index in [2.05, 4.69) is 5.16 Å². The van der Waals surface area contributed by atoms with Crippen LogP contribution in [0.3, 0.4) is 0 Å². The van der Waals surface area contributed by atoms with Crippen LogP contribution in [0.25, 0.3) is 0 Å². The van der Waals surface area contributed by atoms with Crippen molar-refractivity contribution >= 4 is 5.96 Å². The topological polar surface area (TPSA) is 79.1 Å². The molecule has 90 valence electrons. The van der Waals surface area contributed by atoms with Crippen LogP contribution in [0.2, 0.25) is 0 Å². The minimum Gasteiger partial charge on any atom is -0.370 e. The van der Waals surface area contributed by atoms with Crippen molar-refractivity contribution in [3.05, 3.63) is 17.5 Å². The molecule has 1 aliphatic heterocycles. The minimum absolute atomic E-state index is 0.105. The lowest BCUT2D eigenvalue weighted by atomic mass is 10.1. The van der Waals surface area contributed by atoms with Crippen molar-refractivity contribution in [3.63, 3.8) is 0 Å². The van der Waals surface area contributed by atoms with E-state index < -0.39 is 0 Å². The lowest BCUT2D eigenvalue weighted by Crippen LogP contribution is -2.35. The Morgan fingerprint density at radius 2 is 2.31 bits per heavy atom. The van der Waals surface area contributed by atoms with Crippen LogP contribution in [0.4, 0.5) is 0 Å². The second kappa shape index (κ2) is 5.53. The number of aryl methyl sites for hydroxylation is 1. The van der Waals surface area contributed by atoms with Crippen LogP contribution in [0.15, 0.2) is 10.6 Å². The van der Waals surface area contributed by atoms with Gasteiger partial charge in [0, 0.05) is 12.6 Å². The first-order valence-corrected chi connectivity index (χ1v) is 5.72. The second-order valence-corrected chi connectivity index (χ2v) is 3.61. The maximum absolute atomic E-state index is 7.42. The summed E-state index contributed by atoms with van der Waals surface area (Å²) in [6.07, 6.45) is 2.03. The Labute approximate surface area is 96.1 Å². The van der Waals surface area contributed by atoms with Gasteiger partial charge in [-0.05, 0) is 19.8 Å². The molecule has 1 atom stereocenters. The van der Waals surface area contributed by atoms with Crippen LogP contribution in [0, 0.1) is 12.3 Å². The van der Waals surface area contributed by atoms with E-state index in [1.807, 2.05) is 31.7 Å². The fourth-order valence-corrected chi connectivity index (χ4v) is 1.89. The molecule has 0 spiro atoms. The van der Waals surface area contributed by atoms with Crippen LogP contribution in [0.5, 0.6) is 0 Å². The number of nitrogens with two attached hydrogens (primary N) is 1. The Hall–Kier alpha value is -1.52. The summed E-state index contributed by atoms with van der Waals surface area (Å²) in [6, 6.07) is 2.01. The number of aromatic nitrogens is 1. The fourth-order valence-electron chi connectivity index (χ4n) is 1.89. The van der Waals surface area contributed by atoms with Crippen molar-refractivity contribution in [2.24, 2.45) is 5.73 Å². The molecule has 0 saturated carbocycles. The molecule has 2 heterocycles. The highest BCUT2D eigenvalue weighted by Gasteiger charge is 2.29. The predicted molar refractivity (Wildman–Crippen MR) is 63.2 cm³/mol. The molecule has 0 amide bonds. The first kappa shape index (κ1) is 12.5. The quantitative estimate of drug-likeness (QED) is 0.565. The van der Waals surface area contributed by atoms with Crippen molar-refractivity contribution in [3.8, 4) is 0 Å². The van der Waals surface area contributed by atoms with Gasteiger partial charge in [0.1, 0.15) is 0 Å². The number of rotatable bonds is 1. The Balaban J connectivity index is 0.000000606. The summed E-state index contributed by atoms with van der Waals surface area (Å²) < 4.78 is 5.18. The maximum Gasteiger partial charge on any atom is 0.189 e. The molecule has 0 bridgehead atoms. The highest BCUT2D eigenvalue weighted by molar-refractivity contribution is 5.75. The maximum atomic E-state index is 7.42. The fraction of sp³-hybridized carbons (Fsp3) is 0.636. The Morgan fingerprint density at radius 1 is 1.62 bits per heavy atom. The van der Waals surface area contributed by atoms with Gasteiger partial charge in [0.05, 0.1) is 11.7 Å². The molecule has 5 heteroatoms. The van der Waals surface area contributed by atoms with Crippen LogP contribution in [-0.4, -0.2) is 22.6 Å². The molecule has 3 N–H and O–H groups in total. The van der Waals surface area contributed by atoms with Gasteiger partial charge in [-0.2, -0.15) is 0 Å². The largest absolute Gasteiger partial charge is 0.370 e. The molecular formula is C11H20N4O. The molecule has 1 fully saturated rings. The van der Waals surface area contributed by atoms with E-state index in [0.717, 1.165) is 30.8 Å². The number of nitrogens with one attached hydrogen (secondary N) is 1. The van der Waals surface area contributed by atoms with E-state index in [1.165, 1.54) is 0 Å². The molecule has 0 aromatic carbocycles. The Kier molecular flexibility index (Phi) is 4.34. The van der Waals surface area contributed by atoms with Gasteiger partial charge in [-0.3, -0.25) is 5.41 Å². The third-order valence-corrected chi connectivity index (χ3v) is 2.54. The molecule has 0 radical (unpaired) electrons. The van der Waals surface area contributed by atoms with Gasteiger partial charge in [0.2, 0.25) is 0 Å². The van der Waals surface area contributed by atoms with Gasteiger partial charge >= 0.3 is 0 Å². The number of hydrogen-bond acceptors (Lipinski definition) is 3. The van der Waals surface area contributed by atoms with Gasteiger partial charge < -0.3 is 15.2 Å². The zero-order valence-electron chi connectivity index (χ0n) is 10.2. The van der Waals surface area contributed by atoms with Gasteiger partial charge in [0.15, 0.2) is 11.7 Å². The third-order valence-electron chi connectivity index (χ3n) is 2.54. The zero-order valence-corrected chi connectivity index (χ0v) is 10.2. The zero-order chi connectivity index (χ0) is 12.1. The normalized spacial score (nSPS) is 19.2. The van der Waals surface area contributed by atoms with E-state index >= 15 is 0 Å². The first-order valence-electron chi connectivity index (χ1n) is 5.72. The number of hydrogen-bond donors (Lipinski definition) is 2. The lowest BCUT2D eigenvalue weighted by molar-refractivity contribution is 0.290. The van der Waals surface area contributed by atoms with Crippen molar-refractivity contribution in [2.75, 3.05) is 6.54 Å². The molecule has 1 aromatic rings. The molecular weight excluding hydrogens is 204 g/mol. The van der Waals surface area contributed by atoms with Crippen LogP contribution >= 0.6 is 0 Å². The van der Waals surface area contributed by atoms with E-state index in [1.54, 1.807) is 0 Å². The van der Waals surface area contributed by atoms with Crippen LogP contribution in [-0.2, 0) is 0 Å². The summed E-state index contributed by atoms with van der Waals surface area (Å²) in [5, 5.41) is 11.3. The molecule has 1 saturated heterocycles. The van der Waals surface area contributed by atoms with Gasteiger partial charge in [-0.1, -0.05) is 19.0 Å². The van der Waals surface area contributed by atoms with Crippen molar-refractivity contribution < 1.29 is 4.52 Å². The van der Waals surface area contributed by atoms with Crippen LogP contribution < -0.4 is 5.73 Å². The highest BCUT2D eigenvalue weighted by Crippen LogP contribution is 2.31. The van der Waals surface area contributed by atoms with E-state index in [4.69, 9.17) is 15.7 Å². The average molecular weight is 224 g/mol. The highest BCUT2D eigenvalue weighted by atomic mass is 16.5. The van der Waals surface area contributed by atoms with Crippen LogP contribution in [0.1, 0.15) is 44.2 Å². The Bertz CT molecular complexity index is 348. The summed E-state index contributed by atoms with van der Waals surface area (Å²) in [5.41, 5.74) is 6.35. The lowest BCUT2D eigenvalue weighted by Gasteiger charge is -2.21. The summed E-state index contributed by atoms with van der Waals surface area (Å²) in [4.78, 5) is 1.85. The summed E-state index contributed by atoms with van der Waals surface area (Å²) in [5.74, 6) is 0.928. The summed E-state index contributed by atoms with van der Waals surface area (Å²) in [7, 11) is 0. The molecule has 1 aromatic heterocycles. The van der Waals surface area contributed by atoms with Gasteiger partial charge in [-0.15, -0.1) is 0 Å².